The molecule has 0 aliphatic carbocycles. The van der Waals surface area contributed by atoms with Gasteiger partial charge in [0.05, 0.1) is 0 Å². The van der Waals surface area contributed by atoms with Crippen molar-refractivity contribution in [2.45, 2.75) is 27.2 Å². The van der Waals surface area contributed by atoms with Crippen LogP contribution in [0.25, 0.3) is 0 Å². The lowest BCUT2D eigenvalue weighted by molar-refractivity contribution is 0.224. The standard InChI is InChI=1S/C13H19ClN2O2/c1-4-5-15-13(17)16-8-18-11-6-9(2)12(14)10(3)7-11/h6-7H,4-5,8H2,1-3H3,(H2,15,16,17). The molecule has 0 saturated heterocycles. The van der Waals surface area contributed by atoms with Gasteiger partial charge in [-0.1, -0.05) is 18.5 Å². The van der Waals surface area contributed by atoms with Crippen molar-refractivity contribution >= 4 is 17.6 Å². The van der Waals surface area contributed by atoms with Crippen LogP contribution >= 0.6 is 11.6 Å². The summed E-state index contributed by atoms with van der Waals surface area (Å²) in [5.74, 6) is 0.699. The van der Waals surface area contributed by atoms with Crippen LogP contribution in [0.1, 0.15) is 24.5 Å². The molecule has 4 nitrogen and oxygen atoms in total. The molecule has 0 heterocycles. The lowest BCUT2D eigenvalue weighted by Crippen LogP contribution is -2.37. The molecule has 0 unspecified atom stereocenters. The third-order valence-electron chi connectivity index (χ3n) is 2.42. The molecule has 2 N–H and O–H groups in total. The zero-order valence-electron chi connectivity index (χ0n) is 11.0. The molecule has 2 amide bonds. The van der Waals surface area contributed by atoms with E-state index in [1.807, 2.05) is 32.9 Å². The first kappa shape index (κ1) is 14.6. The molecule has 1 aromatic carbocycles. The highest BCUT2D eigenvalue weighted by molar-refractivity contribution is 6.32. The number of benzene rings is 1. The Morgan fingerprint density at radius 2 is 1.89 bits per heavy atom. The van der Waals surface area contributed by atoms with Gasteiger partial charge < -0.3 is 15.4 Å². The topological polar surface area (TPSA) is 50.4 Å². The van der Waals surface area contributed by atoms with Crippen molar-refractivity contribution in [3.8, 4) is 5.75 Å². The monoisotopic (exact) mass is 270 g/mol. The van der Waals surface area contributed by atoms with Crippen molar-refractivity contribution in [2.24, 2.45) is 0 Å². The van der Waals surface area contributed by atoms with E-state index in [4.69, 9.17) is 16.3 Å². The average molecular weight is 271 g/mol. The maximum Gasteiger partial charge on any atom is 0.317 e. The van der Waals surface area contributed by atoms with Crippen LogP contribution in [0.15, 0.2) is 12.1 Å². The van der Waals surface area contributed by atoms with Crippen LogP contribution in [-0.2, 0) is 0 Å². The lowest BCUT2D eigenvalue weighted by atomic mass is 10.1. The molecule has 0 spiro atoms. The fourth-order valence-corrected chi connectivity index (χ4v) is 1.58. The summed E-state index contributed by atoms with van der Waals surface area (Å²) in [5, 5.41) is 6.06. The van der Waals surface area contributed by atoms with Gasteiger partial charge in [-0.05, 0) is 43.5 Å². The second-order valence-electron chi connectivity index (χ2n) is 4.09. The number of rotatable bonds is 5. The molecular weight excluding hydrogens is 252 g/mol. The molecule has 0 radical (unpaired) electrons. The van der Waals surface area contributed by atoms with E-state index in [-0.39, 0.29) is 12.8 Å². The SMILES string of the molecule is CCCNC(=O)NCOc1cc(C)c(Cl)c(C)c1. The molecule has 5 heteroatoms. The van der Waals surface area contributed by atoms with E-state index in [2.05, 4.69) is 10.6 Å². The number of hydrogen-bond donors (Lipinski definition) is 2. The minimum Gasteiger partial charge on any atom is -0.473 e. The molecule has 0 bridgehead atoms. The average Bonchev–Trinajstić information content (AvgIpc) is 2.33. The second kappa shape index (κ2) is 7.11. The van der Waals surface area contributed by atoms with E-state index in [0.717, 1.165) is 22.6 Å². The van der Waals surface area contributed by atoms with Crippen molar-refractivity contribution in [1.82, 2.24) is 10.6 Å². The van der Waals surface area contributed by atoms with Gasteiger partial charge in [-0.25, -0.2) is 4.79 Å². The van der Waals surface area contributed by atoms with Crippen LogP contribution in [0.2, 0.25) is 5.02 Å². The molecule has 18 heavy (non-hydrogen) atoms. The largest absolute Gasteiger partial charge is 0.473 e. The van der Waals surface area contributed by atoms with Crippen molar-refractivity contribution in [3.05, 3.63) is 28.3 Å². The molecule has 1 rings (SSSR count). The number of aryl methyl sites for hydroxylation is 2. The summed E-state index contributed by atoms with van der Waals surface area (Å²) in [7, 11) is 0. The zero-order chi connectivity index (χ0) is 13.5. The lowest BCUT2D eigenvalue weighted by Gasteiger charge is -2.11. The Kier molecular flexibility index (Phi) is 5.78. The summed E-state index contributed by atoms with van der Waals surface area (Å²) in [6, 6.07) is 3.47. The van der Waals surface area contributed by atoms with Gasteiger partial charge in [-0.15, -0.1) is 0 Å². The van der Waals surface area contributed by atoms with E-state index in [1.54, 1.807) is 0 Å². The molecule has 1 aromatic rings. The number of carbonyl (C=O) groups is 1. The van der Waals surface area contributed by atoms with Gasteiger partial charge in [0.15, 0.2) is 6.73 Å². The number of nitrogens with one attached hydrogen (secondary N) is 2. The van der Waals surface area contributed by atoms with Gasteiger partial charge in [0.25, 0.3) is 0 Å². The molecule has 0 atom stereocenters. The maximum absolute atomic E-state index is 11.3. The van der Waals surface area contributed by atoms with Crippen molar-refractivity contribution in [2.75, 3.05) is 13.3 Å². The third-order valence-corrected chi connectivity index (χ3v) is 3.01. The minimum atomic E-state index is -0.223. The van der Waals surface area contributed by atoms with E-state index in [0.29, 0.717) is 12.3 Å². The van der Waals surface area contributed by atoms with Crippen LogP contribution in [0.3, 0.4) is 0 Å². The van der Waals surface area contributed by atoms with Gasteiger partial charge in [0, 0.05) is 11.6 Å². The number of carbonyl (C=O) groups excluding carboxylic acids is 1. The zero-order valence-corrected chi connectivity index (χ0v) is 11.7. The molecule has 0 aliphatic rings. The summed E-state index contributed by atoms with van der Waals surface area (Å²) < 4.78 is 5.44. The molecule has 0 aromatic heterocycles. The third kappa shape index (κ3) is 4.45. The summed E-state index contributed by atoms with van der Waals surface area (Å²) >= 11 is 6.06. The number of amides is 2. The van der Waals surface area contributed by atoms with Crippen molar-refractivity contribution < 1.29 is 9.53 Å². The Labute approximate surface area is 113 Å². The quantitative estimate of drug-likeness (QED) is 0.808. The smallest absolute Gasteiger partial charge is 0.317 e. The van der Waals surface area contributed by atoms with E-state index in [1.165, 1.54) is 0 Å². The van der Waals surface area contributed by atoms with E-state index in [9.17, 15) is 4.79 Å². The summed E-state index contributed by atoms with van der Waals surface area (Å²) in [6.45, 7) is 6.63. The van der Waals surface area contributed by atoms with Crippen molar-refractivity contribution in [3.63, 3.8) is 0 Å². The summed E-state index contributed by atoms with van der Waals surface area (Å²) in [4.78, 5) is 11.3. The Hall–Kier alpha value is -1.42. The molecule has 0 fully saturated rings. The van der Waals surface area contributed by atoms with Gasteiger partial charge in [-0.2, -0.15) is 0 Å². The van der Waals surface area contributed by atoms with E-state index >= 15 is 0 Å². The Balaban J connectivity index is 2.42. The van der Waals surface area contributed by atoms with Crippen LogP contribution in [-0.4, -0.2) is 19.3 Å². The fraction of sp³-hybridized carbons (Fsp3) is 0.462. The van der Waals surface area contributed by atoms with Crippen LogP contribution < -0.4 is 15.4 Å². The van der Waals surface area contributed by atoms with Gasteiger partial charge in [0.1, 0.15) is 5.75 Å². The Morgan fingerprint density at radius 3 is 2.44 bits per heavy atom. The first-order valence-corrected chi connectivity index (χ1v) is 6.33. The number of hydrogen-bond acceptors (Lipinski definition) is 2. The Morgan fingerprint density at radius 1 is 1.28 bits per heavy atom. The number of ether oxygens (including phenoxy) is 1. The van der Waals surface area contributed by atoms with E-state index < -0.39 is 0 Å². The van der Waals surface area contributed by atoms with Gasteiger partial charge >= 0.3 is 6.03 Å². The fourth-order valence-electron chi connectivity index (χ4n) is 1.48. The summed E-state index contributed by atoms with van der Waals surface area (Å²) in [5.41, 5.74) is 1.92. The normalized spacial score (nSPS) is 10.0. The first-order valence-electron chi connectivity index (χ1n) is 5.95. The van der Waals surface area contributed by atoms with Crippen molar-refractivity contribution in [1.29, 1.82) is 0 Å². The highest BCUT2D eigenvalue weighted by Gasteiger charge is 2.04. The van der Waals surface area contributed by atoms with Crippen LogP contribution in [0.4, 0.5) is 4.79 Å². The van der Waals surface area contributed by atoms with Crippen LogP contribution in [0, 0.1) is 13.8 Å². The minimum absolute atomic E-state index is 0.135. The van der Waals surface area contributed by atoms with Crippen LogP contribution in [0.5, 0.6) is 5.75 Å². The highest BCUT2D eigenvalue weighted by atomic mass is 35.5. The maximum atomic E-state index is 11.3. The second-order valence-corrected chi connectivity index (χ2v) is 4.47. The van der Waals surface area contributed by atoms with Gasteiger partial charge in [0.2, 0.25) is 0 Å². The summed E-state index contributed by atoms with van der Waals surface area (Å²) in [6.07, 6.45) is 0.907. The molecule has 100 valence electrons. The highest BCUT2D eigenvalue weighted by Crippen LogP contribution is 2.25. The molecule has 0 saturated carbocycles. The predicted molar refractivity (Wildman–Crippen MR) is 73.2 cm³/mol. The molecular formula is C13H19ClN2O2. The molecule has 0 aliphatic heterocycles. The number of halogens is 1. The number of urea groups is 1. The van der Waals surface area contributed by atoms with Gasteiger partial charge in [-0.3, -0.25) is 0 Å². The Bertz CT molecular complexity index is 398. The predicted octanol–water partition coefficient (Wildman–Crippen LogP) is 3.00. The first-order chi connectivity index (χ1) is 8.54.